The predicted molar refractivity (Wildman–Crippen MR) is 68.5 cm³/mol. The Kier molecular flexibility index (Phi) is 3.67. The molecule has 0 atom stereocenters. The molecule has 0 amide bonds. The molecule has 0 aliphatic rings. The fraction of sp³-hybridized carbons (Fsp3) is 0.214. The number of carbonyl (C=O) groups is 1. The largest absolute Gasteiger partial charge is 0.493 e. The molecule has 0 N–H and O–H groups in total. The molecular formula is C14H15NO3. The zero-order chi connectivity index (χ0) is 13.0. The van der Waals surface area contributed by atoms with Gasteiger partial charge in [-0.1, -0.05) is 6.07 Å². The Morgan fingerprint density at radius 3 is 2.61 bits per heavy atom. The van der Waals surface area contributed by atoms with E-state index in [4.69, 9.17) is 9.47 Å². The SMILES string of the molecule is COc1ccc(Cn2cccc2C=O)cc1OC. The van der Waals surface area contributed by atoms with Crippen molar-refractivity contribution in [3.8, 4) is 11.5 Å². The molecule has 0 saturated carbocycles. The maximum Gasteiger partial charge on any atom is 0.166 e. The van der Waals surface area contributed by atoms with Crippen LogP contribution in [0.1, 0.15) is 16.1 Å². The molecule has 0 bridgehead atoms. The number of benzene rings is 1. The number of hydrogen-bond acceptors (Lipinski definition) is 3. The number of methoxy groups -OCH3 is 2. The zero-order valence-electron chi connectivity index (χ0n) is 10.4. The minimum absolute atomic E-state index is 0.626. The van der Waals surface area contributed by atoms with E-state index in [1.807, 2.05) is 35.0 Å². The Balaban J connectivity index is 2.27. The second-order valence-corrected chi connectivity index (χ2v) is 3.87. The highest BCUT2D eigenvalue weighted by molar-refractivity contribution is 5.72. The Labute approximate surface area is 106 Å². The van der Waals surface area contributed by atoms with Crippen molar-refractivity contribution in [1.29, 1.82) is 0 Å². The lowest BCUT2D eigenvalue weighted by Crippen LogP contribution is -2.02. The van der Waals surface area contributed by atoms with Crippen molar-refractivity contribution >= 4 is 6.29 Å². The van der Waals surface area contributed by atoms with Crippen LogP contribution in [0.2, 0.25) is 0 Å². The van der Waals surface area contributed by atoms with Gasteiger partial charge in [0.25, 0.3) is 0 Å². The van der Waals surface area contributed by atoms with Gasteiger partial charge in [0.05, 0.1) is 19.9 Å². The molecule has 2 aromatic rings. The maximum atomic E-state index is 10.8. The number of nitrogens with zero attached hydrogens (tertiary/aromatic N) is 1. The molecule has 0 fully saturated rings. The second-order valence-electron chi connectivity index (χ2n) is 3.87. The molecule has 1 aromatic heterocycles. The van der Waals surface area contributed by atoms with E-state index in [2.05, 4.69) is 0 Å². The third-order valence-electron chi connectivity index (χ3n) is 2.79. The van der Waals surface area contributed by atoms with Crippen LogP contribution < -0.4 is 9.47 Å². The van der Waals surface area contributed by atoms with Crippen LogP contribution in [0.5, 0.6) is 11.5 Å². The molecule has 0 radical (unpaired) electrons. The third kappa shape index (κ3) is 2.37. The fourth-order valence-corrected chi connectivity index (χ4v) is 1.85. The Hall–Kier alpha value is -2.23. The molecule has 0 unspecified atom stereocenters. The highest BCUT2D eigenvalue weighted by Gasteiger charge is 2.06. The van der Waals surface area contributed by atoms with Crippen molar-refractivity contribution in [3.63, 3.8) is 0 Å². The number of ether oxygens (including phenoxy) is 2. The molecule has 18 heavy (non-hydrogen) atoms. The van der Waals surface area contributed by atoms with Crippen molar-refractivity contribution in [1.82, 2.24) is 4.57 Å². The van der Waals surface area contributed by atoms with Gasteiger partial charge < -0.3 is 14.0 Å². The predicted octanol–water partition coefficient (Wildman–Crippen LogP) is 2.37. The lowest BCUT2D eigenvalue weighted by atomic mass is 10.2. The summed E-state index contributed by atoms with van der Waals surface area (Å²) >= 11 is 0. The Morgan fingerprint density at radius 1 is 1.17 bits per heavy atom. The fourth-order valence-electron chi connectivity index (χ4n) is 1.85. The van der Waals surface area contributed by atoms with Crippen molar-refractivity contribution in [2.75, 3.05) is 14.2 Å². The van der Waals surface area contributed by atoms with E-state index in [0.717, 1.165) is 11.8 Å². The molecule has 1 heterocycles. The average molecular weight is 245 g/mol. The van der Waals surface area contributed by atoms with Gasteiger partial charge in [-0.2, -0.15) is 0 Å². The van der Waals surface area contributed by atoms with Gasteiger partial charge in [0.1, 0.15) is 0 Å². The van der Waals surface area contributed by atoms with Crippen molar-refractivity contribution < 1.29 is 14.3 Å². The monoisotopic (exact) mass is 245 g/mol. The molecule has 2 rings (SSSR count). The minimum Gasteiger partial charge on any atom is -0.493 e. The summed E-state index contributed by atoms with van der Waals surface area (Å²) in [4.78, 5) is 10.8. The maximum absolute atomic E-state index is 10.8. The Morgan fingerprint density at radius 2 is 1.94 bits per heavy atom. The lowest BCUT2D eigenvalue weighted by molar-refractivity contribution is 0.111. The van der Waals surface area contributed by atoms with E-state index in [9.17, 15) is 4.79 Å². The molecule has 0 aliphatic heterocycles. The average Bonchev–Trinajstić information content (AvgIpc) is 2.85. The van der Waals surface area contributed by atoms with Crippen LogP contribution >= 0.6 is 0 Å². The summed E-state index contributed by atoms with van der Waals surface area (Å²) in [5.74, 6) is 1.39. The van der Waals surface area contributed by atoms with Crippen LogP contribution in [-0.4, -0.2) is 25.1 Å². The summed E-state index contributed by atoms with van der Waals surface area (Å²) in [7, 11) is 3.21. The van der Waals surface area contributed by atoms with Crippen molar-refractivity contribution in [2.24, 2.45) is 0 Å². The summed E-state index contributed by atoms with van der Waals surface area (Å²) < 4.78 is 12.3. The molecule has 1 aromatic carbocycles. The van der Waals surface area contributed by atoms with E-state index >= 15 is 0 Å². The molecule has 0 saturated heterocycles. The van der Waals surface area contributed by atoms with Gasteiger partial charge in [-0.05, 0) is 29.8 Å². The molecule has 0 spiro atoms. The van der Waals surface area contributed by atoms with Crippen LogP contribution in [0.15, 0.2) is 36.5 Å². The summed E-state index contributed by atoms with van der Waals surface area (Å²) in [6.45, 7) is 0.626. The van der Waals surface area contributed by atoms with Crippen LogP contribution in [-0.2, 0) is 6.54 Å². The van der Waals surface area contributed by atoms with Gasteiger partial charge in [-0.3, -0.25) is 4.79 Å². The summed E-state index contributed by atoms with van der Waals surface area (Å²) in [5, 5.41) is 0. The first-order chi connectivity index (χ1) is 8.78. The number of rotatable bonds is 5. The van der Waals surface area contributed by atoms with Crippen LogP contribution in [0.4, 0.5) is 0 Å². The topological polar surface area (TPSA) is 40.5 Å². The van der Waals surface area contributed by atoms with Crippen molar-refractivity contribution in [3.05, 3.63) is 47.8 Å². The molecule has 94 valence electrons. The van der Waals surface area contributed by atoms with Gasteiger partial charge in [0.2, 0.25) is 0 Å². The van der Waals surface area contributed by atoms with Crippen molar-refractivity contribution in [2.45, 2.75) is 6.54 Å². The number of aldehydes is 1. The molecular weight excluding hydrogens is 230 g/mol. The van der Waals surface area contributed by atoms with Crippen LogP contribution in [0, 0.1) is 0 Å². The first-order valence-electron chi connectivity index (χ1n) is 5.59. The highest BCUT2D eigenvalue weighted by Crippen LogP contribution is 2.27. The quantitative estimate of drug-likeness (QED) is 0.759. The number of aromatic nitrogens is 1. The number of carbonyl (C=O) groups excluding carboxylic acids is 1. The standard InChI is InChI=1S/C14H15NO3/c1-17-13-6-5-11(8-14(13)18-2)9-15-7-3-4-12(15)10-16/h3-8,10H,9H2,1-2H3. The van der Waals surface area contributed by atoms with Gasteiger partial charge in [-0.25, -0.2) is 0 Å². The second kappa shape index (κ2) is 5.40. The van der Waals surface area contributed by atoms with E-state index in [1.54, 1.807) is 20.3 Å². The molecule has 4 nitrogen and oxygen atoms in total. The van der Waals surface area contributed by atoms with E-state index < -0.39 is 0 Å². The van der Waals surface area contributed by atoms with Gasteiger partial charge >= 0.3 is 0 Å². The first kappa shape index (κ1) is 12.2. The normalized spacial score (nSPS) is 10.1. The van der Waals surface area contributed by atoms with Gasteiger partial charge in [-0.15, -0.1) is 0 Å². The Bertz CT molecular complexity index is 546. The summed E-state index contributed by atoms with van der Waals surface area (Å²) in [6, 6.07) is 9.36. The third-order valence-corrected chi connectivity index (χ3v) is 2.79. The zero-order valence-corrected chi connectivity index (χ0v) is 10.4. The van der Waals surface area contributed by atoms with Crippen LogP contribution in [0.25, 0.3) is 0 Å². The minimum atomic E-state index is 0.626. The van der Waals surface area contributed by atoms with E-state index in [1.165, 1.54) is 0 Å². The van der Waals surface area contributed by atoms with Crippen LogP contribution in [0.3, 0.4) is 0 Å². The summed E-state index contributed by atoms with van der Waals surface area (Å²) in [6.07, 6.45) is 2.72. The van der Waals surface area contributed by atoms with Gasteiger partial charge in [0.15, 0.2) is 17.8 Å². The van der Waals surface area contributed by atoms with E-state index in [0.29, 0.717) is 23.7 Å². The summed E-state index contributed by atoms with van der Waals surface area (Å²) in [5.41, 5.74) is 1.71. The lowest BCUT2D eigenvalue weighted by Gasteiger charge is -2.10. The van der Waals surface area contributed by atoms with Gasteiger partial charge in [0, 0.05) is 12.7 Å². The molecule has 4 heteroatoms. The highest BCUT2D eigenvalue weighted by atomic mass is 16.5. The number of hydrogen-bond donors (Lipinski definition) is 0. The van der Waals surface area contributed by atoms with E-state index in [-0.39, 0.29) is 0 Å². The first-order valence-corrected chi connectivity index (χ1v) is 5.59. The molecule has 0 aliphatic carbocycles. The smallest absolute Gasteiger partial charge is 0.166 e.